The molecule has 1 aliphatic carbocycles. The Morgan fingerprint density at radius 3 is 2.79 bits per heavy atom. The van der Waals surface area contributed by atoms with Crippen molar-refractivity contribution in [2.75, 3.05) is 11.9 Å². The third-order valence-corrected chi connectivity index (χ3v) is 3.82. The van der Waals surface area contributed by atoms with Crippen LogP contribution in [-0.2, 0) is 0 Å². The molecule has 0 radical (unpaired) electrons. The number of nitrogens with one attached hydrogen (secondary N) is 1. The first kappa shape index (κ1) is 9.93. The van der Waals surface area contributed by atoms with Gasteiger partial charge in [0, 0.05) is 11.9 Å². The molecular weight excluding hydrogens is 194 g/mol. The number of hydrogen-bond donors (Lipinski definition) is 2. The zero-order valence-corrected chi connectivity index (χ0v) is 9.36. The molecule has 0 saturated heterocycles. The van der Waals surface area contributed by atoms with Gasteiger partial charge in [0.15, 0.2) is 5.13 Å². The number of thiazole rings is 1. The Bertz CT molecular complexity index is 302. The quantitative estimate of drug-likeness (QED) is 0.805. The molecule has 0 unspecified atom stereocenters. The van der Waals surface area contributed by atoms with Crippen molar-refractivity contribution in [3.63, 3.8) is 0 Å². The molecule has 78 valence electrons. The molecule has 1 heterocycles. The highest BCUT2D eigenvalue weighted by Crippen LogP contribution is 2.33. The number of aromatic nitrogens is 1. The number of nitrogens with zero attached hydrogens (tertiary/aromatic N) is 1. The second kappa shape index (κ2) is 3.87. The van der Waals surface area contributed by atoms with Crippen LogP contribution in [0.25, 0.3) is 0 Å². The van der Waals surface area contributed by atoms with E-state index in [9.17, 15) is 0 Å². The number of rotatable bonds is 3. The maximum atomic E-state index is 5.84. The van der Waals surface area contributed by atoms with E-state index >= 15 is 0 Å². The summed E-state index contributed by atoms with van der Waals surface area (Å²) in [7, 11) is 0. The largest absolute Gasteiger partial charge is 0.355 e. The number of nitrogens with two attached hydrogens (primary N) is 1. The fourth-order valence-electron chi connectivity index (χ4n) is 2.07. The fraction of sp³-hybridized carbons (Fsp3) is 0.700. The van der Waals surface area contributed by atoms with Crippen molar-refractivity contribution < 1.29 is 0 Å². The van der Waals surface area contributed by atoms with Crippen LogP contribution in [0.4, 0.5) is 5.13 Å². The van der Waals surface area contributed by atoms with Crippen molar-refractivity contribution in [1.29, 1.82) is 0 Å². The molecule has 4 heteroatoms. The highest BCUT2D eigenvalue weighted by Gasteiger charge is 2.32. The van der Waals surface area contributed by atoms with Crippen molar-refractivity contribution in [3.8, 4) is 0 Å². The van der Waals surface area contributed by atoms with E-state index in [1.165, 1.54) is 25.7 Å². The maximum Gasteiger partial charge on any atom is 0.183 e. The van der Waals surface area contributed by atoms with Crippen LogP contribution in [0, 0.1) is 6.92 Å². The van der Waals surface area contributed by atoms with Gasteiger partial charge in [-0.05, 0) is 19.8 Å². The highest BCUT2D eigenvalue weighted by molar-refractivity contribution is 7.13. The lowest BCUT2D eigenvalue weighted by atomic mass is 9.98. The van der Waals surface area contributed by atoms with Crippen LogP contribution < -0.4 is 11.1 Å². The fourth-order valence-corrected chi connectivity index (χ4v) is 2.88. The molecule has 1 aliphatic rings. The average Bonchev–Trinajstić information content (AvgIpc) is 2.77. The van der Waals surface area contributed by atoms with Gasteiger partial charge in [-0.1, -0.05) is 12.8 Å². The normalized spacial score (nSPS) is 19.9. The predicted octanol–water partition coefficient (Wildman–Crippen LogP) is 2.13. The Hall–Kier alpha value is -0.610. The molecule has 1 aromatic rings. The Morgan fingerprint density at radius 2 is 2.29 bits per heavy atom. The monoisotopic (exact) mass is 211 g/mol. The van der Waals surface area contributed by atoms with Gasteiger partial charge in [0.1, 0.15) is 0 Å². The van der Waals surface area contributed by atoms with E-state index in [2.05, 4.69) is 15.7 Å². The molecule has 1 fully saturated rings. The number of anilines is 1. The van der Waals surface area contributed by atoms with Crippen LogP contribution in [0.5, 0.6) is 0 Å². The molecule has 3 N–H and O–H groups in total. The Kier molecular flexibility index (Phi) is 2.74. The Morgan fingerprint density at radius 1 is 1.57 bits per heavy atom. The summed E-state index contributed by atoms with van der Waals surface area (Å²) in [5.74, 6) is 0. The first-order chi connectivity index (χ1) is 6.74. The van der Waals surface area contributed by atoms with Crippen molar-refractivity contribution in [2.45, 2.75) is 38.1 Å². The van der Waals surface area contributed by atoms with E-state index in [1.54, 1.807) is 11.3 Å². The summed E-state index contributed by atoms with van der Waals surface area (Å²) >= 11 is 1.67. The van der Waals surface area contributed by atoms with Crippen LogP contribution >= 0.6 is 11.3 Å². The molecule has 3 nitrogen and oxygen atoms in total. The van der Waals surface area contributed by atoms with E-state index < -0.39 is 0 Å². The van der Waals surface area contributed by atoms with Gasteiger partial charge in [-0.25, -0.2) is 4.98 Å². The Labute approximate surface area is 88.7 Å². The molecule has 0 aliphatic heterocycles. The van der Waals surface area contributed by atoms with Gasteiger partial charge in [0.05, 0.1) is 11.2 Å². The standard InChI is InChI=1S/C10H17N3S/c1-8-6-14-9(12-8)13-10(7-11)4-2-3-5-10/h6H,2-5,7,11H2,1H3,(H,12,13). The molecule has 1 saturated carbocycles. The lowest BCUT2D eigenvalue weighted by Crippen LogP contribution is -2.42. The first-order valence-electron chi connectivity index (χ1n) is 5.14. The summed E-state index contributed by atoms with van der Waals surface area (Å²) < 4.78 is 0. The SMILES string of the molecule is Cc1csc(NC2(CN)CCCC2)n1. The van der Waals surface area contributed by atoms with E-state index in [0.29, 0.717) is 6.54 Å². The third kappa shape index (κ3) is 1.91. The van der Waals surface area contributed by atoms with Gasteiger partial charge in [-0.15, -0.1) is 11.3 Å². The summed E-state index contributed by atoms with van der Waals surface area (Å²) in [6.07, 6.45) is 4.94. The van der Waals surface area contributed by atoms with E-state index in [4.69, 9.17) is 5.73 Å². The maximum absolute atomic E-state index is 5.84. The second-order valence-corrected chi connectivity index (χ2v) is 4.97. The van der Waals surface area contributed by atoms with Gasteiger partial charge in [-0.3, -0.25) is 0 Å². The number of aryl methyl sites for hydroxylation is 1. The van der Waals surface area contributed by atoms with Crippen LogP contribution in [0.15, 0.2) is 5.38 Å². The zero-order chi connectivity index (χ0) is 10.0. The predicted molar refractivity (Wildman–Crippen MR) is 60.7 cm³/mol. The molecular formula is C10H17N3S. The molecule has 0 atom stereocenters. The van der Waals surface area contributed by atoms with Crippen LogP contribution in [0.2, 0.25) is 0 Å². The Balaban J connectivity index is 2.08. The average molecular weight is 211 g/mol. The molecule has 1 aromatic heterocycles. The highest BCUT2D eigenvalue weighted by atomic mass is 32.1. The lowest BCUT2D eigenvalue weighted by Gasteiger charge is -2.28. The number of hydrogen-bond acceptors (Lipinski definition) is 4. The minimum absolute atomic E-state index is 0.129. The summed E-state index contributed by atoms with van der Waals surface area (Å²) in [4.78, 5) is 4.42. The molecule has 14 heavy (non-hydrogen) atoms. The minimum Gasteiger partial charge on any atom is -0.355 e. The van der Waals surface area contributed by atoms with Gasteiger partial charge in [0.25, 0.3) is 0 Å². The molecule has 0 spiro atoms. The van der Waals surface area contributed by atoms with Gasteiger partial charge < -0.3 is 11.1 Å². The summed E-state index contributed by atoms with van der Waals surface area (Å²) in [5.41, 5.74) is 7.05. The van der Waals surface area contributed by atoms with Gasteiger partial charge in [-0.2, -0.15) is 0 Å². The first-order valence-corrected chi connectivity index (χ1v) is 6.02. The van der Waals surface area contributed by atoms with E-state index in [0.717, 1.165) is 10.8 Å². The van der Waals surface area contributed by atoms with Gasteiger partial charge in [0.2, 0.25) is 0 Å². The molecule has 0 aromatic carbocycles. The third-order valence-electron chi connectivity index (χ3n) is 2.94. The van der Waals surface area contributed by atoms with Crippen molar-refractivity contribution in [3.05, 3.63) is 11.1 Å². The summed E-state index contributed by atoms with van der Waals surface area (Å²) in [5, 5.41) is 6.60. The van der Waals surface area contributed by atoms with Crippen molar-refractivity contribution in [1.82, 2.24) is 4.98 Å². The van der Waals surface area contributed by atoms with E-state index in [-0.39, 0.29) is 5.54 Å². The smallest absolute Gasteiger partial charge is 0.183 e. The topological polar surface area (TPSA) is 50.9 Å². The van der Waals surface area contributed by atoms with E-state index in [1.807, 2.05) is 6.92 Å². The summed E-state index contributed by atoms with van der Waals surface area (Å²) in [6.45, 7) is 2.73. The van der Waals surface area contributed by atoms with Crippen molar-refractivity contribution >= 4 is 16.5 Å². The molecule has 2 rings (SSSR count). The second-order valence-electron chi connectivity index (χ2n) is 4.11. The molecule has 0 bridgehead atoms. The summed E-state index contributed by atoms with van der Waals surface area (Å²) in [6, 6.07) is 0. The van der Waals surface area contributed by atoms with Crippen LogP contribution in [0.1, 0.15) is 31.4 Å². The van der Waals surface area contributed by atoms with Crippen LogP contribution in [-0.4, -0.2) is 17.1 Å². The minimum atomic E-state index is 0.129. The lowest BCUT2D eigenvalue weighted by molar-refractivity contribution is 0.493. The van der Waals surface area contributed by atoms with Crippen molar-refractivity contribution in [2.24, 2.45) is 5.73 Å². The van der Waals surface area contributed by atoms with Gasteiger partial charge >= 0.3 is 0 Å². The molecule has 0 amide bonds. The zero-order valence-electron chi connectivity index (χ0n) is 8.55. The van der Waals surface area contributed by atoms with Crippen LogP contribution in [0.3, 0.4) is 0 Å².